The summed E-state index contributed by atoms with van der Waals surface area (Å²) in [6.45, 7) is 3.65. The molecule has 0 saturated heterocycles. The lowest BCUT2D eigenvalue weighted by molar-refractivity contribution is 0.0340. The van der Waals surface area contributed by atoms with Crippen molar-refractivity contribution in [3.05, 3.63) is 0 Å². The predicted molar refractivity (Wildman–Crippen MR) is 39.0 cm³/mol. The third-order valence-corrected chi connectivity index (χ3v) is 1.16. The lowest BCUT2D eigenvalue weighted by atomic mass is 10.3. The van der Waals surface area contributed by atoms with Gasteiger partial charge in [0.2, 0.25) is 0 Å². The largest absolute Gasteiger partial charge is 0.391 e. The molecule has 10 heavy (non-hydrogen) atoms. The van der Waals surface area contributed by atoms with E-state index in [0.717, 1.165) is 0 Å². The average Bonchev–Trinajstić information content (AvgIpc) is 1.89. The maximum atomic E-state index is 9.07. The molecular formula is C7H16O3. The molecule has 0 aliphatic heterocycles. The molecule has 0 aromatic carbocycles. The molecule has 1 atom stereocenters. The Hall–Kier alpha value is -0.120. The van der Waals surface area contributed by atoms with Crippen molar-refractivity contribution in [2.45, 2.75) is 19.4 Å². The van der Waals surface area contributed by atoms with Crippen LogP contribution in [0.15, 0.2) is 0 Å². The number of hydrogen-bond donors (Lipinski definition) is 1. The van der Waals surface area contributed by atoms with Crippen LogP contribution in [-0.2, 0) is 9.47 Å². The van der Waals surface area contributed by atoms with Gasteiger partial charge in [-0.05, 0) is 13.3 Å². The SMILES string of the molecule is CCOCCC(O)COC. The van der Waals surface area contributed by atoms with Crippen LogP contribution in [0.3, 0.4) is 0 Å². The number of aliphatic hydroxyl groups is 1. The molecule has 0 aromatic rings. The zero-order valence-corrected chi connectivity index (χ0v) is 6.67. The molecular weight excluding hydrogens is 132 g/mol. The number of ether oxygens (including phenoxy) is 2. The monoisotopic (exact) mass is 148 g/mol. The number of hydrogen-bond acceptors (Lipinski definition) is 3. The Balaban J connectivity index is 2.97. The first kappa shape index (κ1) is 9.88. The highest BCUT2D eigenvalue weighted by atomic mass is 16.5. The minimum absolute atomic E-state index is 0.378. The van der Waals surface area contributed by atoms with Gasteiger partial charge in [0.05, 0.1) is 12.7 Å². The van der Waals surface area contributed by atoms with E-state index in [1.807, 2.05) is 6.92 Å². The van der Waals surface area contributed by atoms with E-state index in [4.69, 9.17) is 14.6 Å². The minimum atomic E-state index is -0.378. The number of methoxy groups -OCH3 is 1. The Labute approximate surface area is 62.0 Å². The van der Waals surface area contributed by atoms with Crippen molar-refractivity contribution in [2.24, 2.45) is 0 Å². The molecule has 0 fully saturated rings. The van der Waals surface area contributed by atoms with E-state index in [0.29, 0.717) is 26.2 Å². The smallest absolute Gasteiger partial charge is 0.0795 e. The van der Waals surface area contributed by atoms with Gasteiger partial charge in [-0.15, -0.1) is 0 Å². The fourth-order valence-electron chi connectivity index (χ4n) is 0.639. The summed E-state index contributed by atoms with van der Waals surface area (Å²) >= 11 is 0. The third-order valence-electron chi connectivity index (χ3n) is 1.16. The van der Waals surface area contributed by atoms with Gasteiger partial charge in [0.1, 0.15) is 0 Å². The molecule has 0 heterocycles. The van der Waals surface area contributed by atoms with E-state index < -0.39 is 0 Å². The quantitative estimate of drug-likeness (QED) is 0.555. The Morgan fingerprint density at radius 1 is 1.50 bits per heavy atom. The molecule has 0 aliphatic rings. The lowest BCUT2D eigenvalue weighted by Crippen LogP contribution is -2.16. The average molecular weight is 148 g/mol. The molecule has 0 bridgehead atoms. The fourth-order valence-corrected chi connectivity index (χ4v) is 0.639. The summed E-state index contributed by atoms with van der Waals surface area (Å²) in [6, 6.07) is 0. The van der Waals surface area contributed by atoms with Crippen molar-refractivity contribution in [3.8, 4) is 0 Å². The van der Waals surface area contributed by atoms with Crippen molar-refractivity contribution in [1.82, 2.24) is 0 Å². The first-order valence-electron chi connectivity index (χ1n) is 3.56. The van der Waals surface area contributed by atoms with Crippen LogP contribution in [0.4, 0.5) is 0 Å². The number of aliphatic hydroxyl groups excluding tert-OH is 1. The zero-order valence-electron chi connectivity index (χ0n) is 6.67. The van der Waals surface area contributed by atoms with Gasteiger partial charge in [-0.25, -0.2) is 0 Å². The summed E-state index contributed by atoms with van der Waals surface area (Å²) in [5, 5.41) is 9.07. The highest BCUT2D eigenvalue weighted by Crippen LogP contribution is 1.91. The van der Waals surface area contributed by atoms with Crippen LogP contribution in [0.5, 0.6) is 0 Å². The van der Waals surface area contributed by atoms with Crippen LogP contribution in [0.1, 0.15) is 13.3 Å². The Morgan fingerprint density at radius 3 is 2.70 bits per heavy atom. The molecule has 0 aliphatic carbocycles. The van der Waals surface area contributed by atoms with Gasteiger partial charge in [0.15, 0.2) is 0 Å². The summed E-state index contributed by atoms with van der Waals surface area (Å²) < 4.78 is 9.76. The first-order valence-corrected chi connectivity index (χ1v) is 3.56. The fraction of sp³-hybridized carbons (Fsp3) is 1.00. The molecule has 3 nitrogen and oxygen atoms in total. The molecule has 0 radical (unpaired) electrons. The molecule has 62 valence electrons. The number of rotatable bonds is 6. The van der Waals surface area contributed by atoms with Crippen LogP contribution in [0.2, 0.25) is 0 Å². The van der Waals surface area contributed by atoms with E-state index in [2.05, 4.69) is 0 Å². The molecule has 0 spiro atoms. The van der Waals surface area contributed by atoms with E-state index in [1.165, 1.54) is 0 Å². The second-order valence-corrected chi connectivity index (χ2v) is 2.09. The summed E-state index contributed by atoms with van der Waals surface area (Å²) in [7, 11) is 1.57. The lowest BCUT2D eigenvalue weighted by Gasteiger charge is -2.07. The normalized spacial score (nSPS) is 13.5. The first-order chi connectivity index (χ1) is 4.81. The van der Waals surface area contributed by atoms with Crippen LogP contribution in [-0.4, -0.2) is 38.1 Å². The van der Waals surface area contributed by atoms with Gasteiger partial charge in [-0.3, -0.25) is 0 Å². The van der Waals surface area contributed by atoms with Gasteiger partial charge in [0, 0.05) is 20.3 Å². The maximum Gasteiger partial charge on any atom is 0.0795 e. The summed E-state index contributed by atoms with van der Waals surface area (Å²) in [6.07, 6.45) is 0.276. The molecule has 1 N–H and O–H groups in total. The summed E-state index contributed by atoms with van der Waals surface area (Å²) in [5.41, 5.74) is 0. The Kier molecular flexibility index (Phi) is 6.91. The van der Waals surface area contributed by atoms with E-state index in [-0.39, 0.29) is 6.10 Å². The van der Waals surface area contributed by atoms with Crippen molar-refractivity contribution in [2.75, 3.05) is 26.9 Å². The van der Waals surface area contributed by atoms with Gasteiger partial charge in [-0.2, -0.15) is 0 Å². The van der Waals surface area contributed by atoms with Gasteiger partial charge in [0.25, 0.3) is 0 Å². The summed E-state index contributed by atoms with van der Waals surface area (Å²) in [5.74, 6) is 0. The second-order valence-electron chi connectivity index (χ2n) is 2.09. The Morgan fingerprint density at radius 2 is 2.20 bits per heavy atom. The van der Waals surface area contributed by atoms with Crippen LogP contribution in [0.25, 0.3) is 0 Å². The van der Waals surface area contributed by atoms with Crippen LogP contribution in [0, 0.1) is 0 Å². The van der Waals surface area contributed by atoms with Gasteiger partial charge in [-0.1, -0.05) is 0 Å². The zero-order chi connectivity index (χ0) is 7.82. The maximum absolute atomic E-state index is 9.07. The van der Waals surface area contributed by atoms with Crippen molar-refractivity contribution in [3.63, 3.8) is 0 Å². The molecule has 0 saturated carbocycles. The van der Waals surface area contributed by atoms with Crippen molar-refractivity contribution >= 4 is 0 Å². The Bertz CT molecular complexity index is 65.9. The topological polar surface area (TPSA) is 38.7 Å². The van der Waals surface area contributed by atoms with Crippen LogP contribution >= 0.6 is 0 Å². The third kappa shape index (κ3) is 6.01. The molecule has 0 amide bonds. The van der Waals surface area contributed by atoms with E-state index in [9.17, 15) is 0 Å². The molecule has 1 unspecified atom stereocenters. The van der Waals surface area contributed by atoms with Gasteiger partial charge < -0.3 is 14.6 Å². The highest BCUT2D eigenvalue weighted by molar-refractivity contribution is 4.51. The highest BCUT2D eigenvalue weighted by Gasteiger charge is 2.01. The minimum Gasteiger partial charge on any atom is -0.391 e. The standard InChI is InChI=1S/C7H16O3/c1-3-10-5-4-7(8)6-9-2/h7-8H,3-6H2,1-2H3. The van der Waals surface area contributed by atoms with Crippen LogP contribution < -0.4 is 0 Å². The molecule has 0 aromatic heterocycles. The molecule has 3 heteroatoms. The second kappa shape index (κ2) is 6.99. The van der Waals surface area contributed by atoms with Crippen molar-refractivity contribution < 1.29 is 14.6 Å². The van der Waals surface area contributed by atoms with E-state index in [1.54, 1.807) is 7.11 Å². The van der Waals surface area contributed by atoms with Gasteiger partial charge >= 0.3 is 0 Å². The van der Waals surface area contributed by atoms with Crippen molar-refractivity contribution in [1.29, 1.82) is 0 Å². The molecule has 0 rings (SSSR count). The van der Waals surface area contributed by atoms with E-state index >= 15 is 0 Å². The predicted octanol–water partition coefficient (Wildman–Crippen LogP) is 0.420. The summed E-state index contributed by atoms with van der Waals surface area (Å²) in [4.78, 5) is 0.